The predicted octanol–water partition coefficient (Wildman–Crippen LogP) is 7.29. The van der Waals surface area contributed by atoms with Crippen LogP contribution in [0.3, 0.4) is 0 Å². The van der Waals surface area contributed by atoms with Crippen molar-refractivity contribution in [2.75, 3.05) is 0 Å². The lowest BCUT2D eigenvalue weighted by molar-refractivity contribution is 0.112. The second-order valence-corrected chi connectivity index (χ2v) is 7.19. The highest BCUT2D eigenvalue weighted by atomic mass is 16.5. The number of carbonyl (C=O) groups excluding carboxylic acids is 1. The van der Waals surface area contributed by atoms with Gasteiger partial charge < -0.3 is 4.74 Å². The van der Waals surface area contributed by atoms with E-state index in [-0.39, 0.29) is 0 Å². The van der Waals surface area contributed by atoms with Crippen LogP contribution in [-0.2, 0) is 0 Å². The van der Waals surface area contributed by atoms with Gasteiger partial charge in [-0.15, -0.1) is 0 Å². The molecule has 0 aromatic heterocycles. The number of hydrogen-bond acceptors (Lipinski definition) is 2. The van der Waals surface area contributed by atoms with Gasteiger partial charge in [-0.2, -0.15) is 0 Å². The smallest absolute Gasteiger partial charge is 0.150 e. The van der Waals surface area contributed by atoms with E-state index in [1.807, 2.05) is 30.3 Å². The largest absolute Gasteiger partial charge is 0.457 e. The second-order valence-electron chi connectivity index (χ2n) is 7.19. The van der Waals surface area contributed by atoms with Crippen molar-refractivity contribution in [1.29, 1.82) is 0 Å². The lowest BCUT2D eigenvalue weighted by atomic mass is 9.79. The van der Waals surface area contributed by atoms with Crippen molar-refractivity contribution in [2.24, 2.45) is 11.8 Å². The number of para-hydroxylation sites is 1. The molecule has 0 N–H and O–H groups in total. The van der Waals surface area contributed by atoms with E-state index in [0.29, 0.717) is 5.56 Å². The van der Waals surface area contributed by atoms with Gasteiger partial charge in [0.05, 0.1) is 0 Å². The molecule has 0 aliphatic heterocycles. The molecule has 0 amide bonds. The Morgan fingerprint density at radius 1 is 0.846 bits per heavy atom. The third-order valence-corrected chi connectivity index (χ3v) is 5.24. The van der Waals surface area contributed by atoms with Gasteiger partial charge in [-0.1, -0.05) is 77.0 Å². The lowest BCUT2D eigenvalue weighted by Crippen LogP contribution is -2.13. The zero-order chi connectivity index (χ0) is 18.6. The van der Waals surface area contributed by atoms with Crippen LogP contribution < -0.4 is 4.74 Å². The van der Waals surface area contributed by atoms with Crippen LogP contribution in [0.4, 0.5) is 0 Å². The minimum atomic E-state index is 0.649. The minimum Gasteiger partial charge on any atom is -0.457 e. The summed E-state index contributed by atoms with van der Waals surface area (Å²) in [6, 6.07) is 16.5. The normalized spacial score (nSPS) is 19.2. The topological polar surface area (TPSA) is 26.3 Å². The Balaban J connectivity index is 0.000000197. The van der Waals surface area contributed by atoms with Gasteiger partial charge in [0.15, 0.2) is 0 Å². The van der Waals surface area contributed by atoms with Gasteiger partial charge >= 0.3 is 0 Å². The van der Waals surface area contributed by atoms with Crippen LogP contribution >= 0.6 is 0 Å². The highest BCUT2D eigenvalue weighted by molar-refractivity contribution is 5.74. The van der Waals surface area contributed by atoms with Crippen molar-refractivity contribution in [3.8, 4) is 11.5 Å². The maximum Gasteiger partial charge on any atom is 0.150 e. The lowest BCUT2D eigenvalue weighted by Gasteiger charge is -2.27. The van der Waals surface area contributed by atoms with E-state index >= 15 is 0 Å². The Hall–Kier alpha value is -2.09. The Morgan fingerprint density at radius 3 is 1.96 bits per heavy atom. The third kappa shape index (κ3) is 7.03. The third-order valence-electron chi connectivity index (χ3n) is 5.24. The molecule has 0 radical (unpaired) electrons. The molecule has 3 rings (SSSR count). The number of benzene rings is 2. The molecule has 0 atom stereocenters. The number of carbonyl (C=O) groups is 1. The van der Waals surface area contributed by atoms with E-state index in [1.165, 1.54) is 44.9 Å². The van der Waals surface area contributed by atoms with Gasteiger partial charge in [-0.25, -0.2) is 0 Å². The average Bonchev–Trinajstić information content (AvgIpc) is 2.71. The van der Waals surface area contributed by atoms with Gasteiger partial charge in [-0.05, 0) is 48.2 Å². The van der Waals surface area contributed by atoms with Crippen LogP contribution in [0, 0.1) is 11.8 Å². The summed E-state index contributed by atoms with van der Waals surface area (Å²) in [6.07, 6.45) is 11.2. The molecule has 26 heavy (non-hydrogen) atoms. The summed E-state index contributed by atoms with van der Waals surface area (Å²) in [4.78, 5) is 10.4. The fourth-order valence-electron chi connectivity index (χ4n) is 3.58. The molecule has 2 nitrogen and oxygen atoms in total. The highest BCUT2D eigenvalue weighted by Crippen LogP contribution is 2.32. The quantitative estimate of drug-likeness (QED) is 0.510. The van der Waals surface area contributed by atoms with Crippen molar-refractivity contribution in [3.05, 3.63) is 60.2 Å². The van der Waals surface area contributed by atoms with E-state index in [1.54, 1.807) is 24.3 Å². The van der Waals surface area contributed by atoms with Gasteiger partial charge in [-0.3, -0.25) is 4.79 Å². The molecular weight excluding hydrogens is 320 g/mol. The SMILES string of the molecule is CCCC1CCC(CC)CC1.O=Cc1ccc(Oc2ccccc2)cc1. The number of rotatable bonds is 6. The molecule has 1 aliphatic rings. The van der Waals surface area contributed by atoms with Crippen LogP contribution in [0.25, 0.3) is 0 Å². The van der Waals surface area contributed by atoms with Gasteiger partial charge in [0.2, 0.25) is 0 Å². The van der Waals surface area contributed by atoms with Crippen LogP contribution in [0.2, 0.25) is 0 Å². The molecule has 0 bridgehead atoms. The molecule has 2 aromatic rings. The summed E-state index contributed by atoms with van der Waals surface area (Å²) in [6.45, 7) is 4.65. The zero-order valence-electron chi connectivity index (χ0n) is 16.2. The van der Waals surface area contributed by atoms with E-state index in [9.17, 15) is 4.79 Å². The van der Waals surface area contributed by atoms with Crippen molar-refractivity contribution < 1.29 is 9.53 Å². The van der Waals surface area contributed by atoms with Crippen molar-refractivity contribution in [2.45, 2.75) is 58.8 Å². The minimum absolute atomic E-state index is 0.649. The molecule has 1 fully saturated rings. The van der Waals surface area contributed by atoms with Crippen LogP contribution in [0.1, 0.15) is 69.2 Å². The predicted molar refractivity (Wildman–Crippen MR) is 109 cm³/mol. The van der Waals surface area contributed by atoms with Crippen LogP contribution in [-0.4, -0.2) is 6.29 Å². The van der Waals surface area contributed by atoms with Gasteiger partial charge in [0, 0.05) is 5.56 Å². The Morgan fingerprint density at radius 2 is 1.42 bits per heavy atom. The molecule has 2 heteroatoms. The van der Waals surface area contributed by atoms with E-state index in [0.717, 1.165) is 29.6 Å². The van der Waals surface area contributed by atoms with Crippen LogP contribution in [0.15, 0.2) is 54.6 Å². The first-order chi connectivity index (χ1) is 12.7. The maximum atomic E-state index is 10.4. The number of aldehydes is 1. The first-order valence-electron chi connectivity index (χ1n) is 10.0. The average molecular weight is 353 g/mol. The van der Waals surface area contributed by atoms with Crippen molar-refractivity contribution in [3.63, 3.8) is 0 Å². The van der Waals surface area contributed by atoms with Gasteiger partial charge in [0.25, 0.3) is 0 Å². The van der Waals surface area contributed by atoms with Crippen LogP contribution in [0.5, 0.6) is 11.5 Å². The maximum absolute atomic E-state index is 10.4. The Labute approximate surface area is 158 Å². The molecule has 0 saturated heterocycles. The zero-order valence-corrected chi connectivity index (χ0v) is 16.2. The molecule has 1 aliphatic carbocycles. The van der Waals surface area contributed by atoms with Gasteiger partial charge in [0.1, 0.15) is 17.8 Å². The van der Waals surface area contributed by atoms with Crippen molar-refractivity contribution in [1.82, 2.24) is 0 Å². The number of ether oxygens (including phenoxy) is 1. The van der Waals surface area contributed by atoms with E-state index in [4.69, 9.17) is 4.74 Å². The Kier molecular flexibility index (Phi) is 8.95. The first-order valence-corrected chi connectivity index (χ1v) is 10.0. The first kappa shape index (κ1) is 20.2. The molecule has 1 saturated carbocycles. The van der Waals surface area contributed by atoms with E-state index in [2.05, 4.69) is 13.8 Å². The van der Waals surface area contributed by atoms with Crippen molar-refractivity contribution >= 4 is 6.29 Å². The second kappa shape index (κ2) is 11.5. The molecular formula is C24H32O2. The molecule has 0 unspecified atom stereocenters. The summed E-state index contributed by atoms with van der Waals surface area (Å²) in [7, 11) is 0. The molecule has 0 heterocycles. The standard InChI is InChI=1S/C13H10O2.C11H22/c14-10-11-6-8-13(9-7-11)15-12-4-2-1-3-5-12;1-3-5-11-8-6-10(4-2)7-9-11/h1-10H;10-11H,3-9H2,1-2H3. The Bertz CT molecular complexity index is 610. The summed E-state index contributed by atoms with van der Waals surface area (Å²) in [5, 5.41) is 0. The molecule has 2 aromatic carbocycles. The highest BCUT2D eigenvalue weighted by Gasteiger charge is 2.18. The van der Waals surface area contributed by atoms with E-state index < -0.39 is 0 Å². The summed E-state index contributed by atoms with van der Waals surface area (Å²) < 4.78 is 5.56. The monoisotopic (exact) mass is 352 g/mol. The summed E-state index contributed by atoms with van der Waals surface area (Å²) in [5.74, 6) is 3.68. The fraction of sp³-hybridized carbons (Fsp3) is 0.458. The number of hydrogen-bond donors (Lipinski definition) is 0. The molecule has 0 spiro atoms. The fourth-order valence-corrected chi connectivity index (χ4v) is 3.58. The molecule has 140 valence electrons. The summed E-state index contributed by atoms with van der Waals surface area (Å²) in [5.41, 5.74) is 0.649. The summed E-state index contributed by atoms with van der Waals surface area (Å²) >= 11 is 0.